The molecule has 2 aromatic heterocycles. The van der Waals surface area contributed by atoms with Crippen molar-refractivity contribution >= 4 is 22.7 Å². The number of rotatable bonds is 2. The molecule has 1 aromatic carbocycles. The number of nitrogens with one attached hydrogen (secondary N) is 1. The predicted octanol–water partition coefficient (Wildman–Crippen LogP) is 6.31. The topological polar surface area (TPSA) is 28.7 Å². The summed E-state index contributed by atoms with van der Waals surface area (Å²) in [5.41, 5.74) is 8.77. The van der Waals surface area contributed by atoms with Crippen LogP contribution >= 0.6 is 0 Å². The molecule has 2 heterocycles. The summed E-state index contributed by atoms with van der Waals surface area (Å²) in [4.78, 5) is 8.01. The van der Waals surface area contributed by atoms with E-state index in [-0.39, 0.29) is 0 Å². The van der Waals surface area contributed by atoms with Gasteiger partial charge in [0.1, 0.15) is 5.65 Å². The summed E-state index contributed by atoms with van der Waals surface area (Å²) in [6, 6.07) is 9.14. The maximum absolute atomic E-state index is 4.66. The summed E-state index contributed by atoms with van der Waals surface area (Å²) in [5, 5.41) is 1.20. The molecule has 26 heavy (non-hydrogen) atoms. The normalized spacial score (nSPS) is 16.4. The fraction of sp³-hybridized carbons (Fsp3) is 0.208. The van der Waals surface area contributed by atoms with E-state index in [1.807, 2.05) is 6.20 Å². The number of hydrogen-bond donors (Lipinski definition) is 1. The first-order chi connectivity index (χ1) is 12.9. The van der Waals surface area contributed by atoms with Gasteiger partial charge in [-0.3, -0.25) is 0 Å². The van der Waals surface area contributed by atoms with Crippen LogP contribution in [0.2, 0.25) is 0 Å². The number of nitrogens with zero attached hydrogens (tertiary/aromatic N) is 1. The largest absolute Gasteiger partial charge is 0.346 e. The highest BCUT2D eigenvalue weighted by Crippen LogP contribution is 2.33. The van der Waals surface area contributed by atoms with Gasteiger partial charge in [-0.05, 0) is 60.4 Å². The molecule has 0 bridgehead atoms. The smallest absolute Gasteiger partial charge is 0.137 e. The van der Waals surface area contributed by atoms with Gasteiger partial charge in [0, 0.05) is 28.9 Å². The zero-order valence-corrected chi connectivity index (χ0v) is 14.8. The van der Waals surface area contributed by atoms with Crippen molar-refractivity contribution < 1.29 is 0 Å². The van der Waals surface area contributed by atoms with Crippen LogP contribution < -0.4 is 0 Å². The molecule has 128 valence electrons. The maximum atomic E-state index is 4.66. The number of allylic oxidation sites excluding steroid dienone is 5. The van der Waals surface area contributed by atoms with E-state index in [0.717, 1.165) is 24.9 Å². The highest BCUT2D eigenvalue weighted by molar-refractivity contribution is 5.96. The Morgan fingerprint density at radius 1 is 0.923 bits per heavy atom. The van der Waals surface area contributed by atoms with Gasteiger partial charge in [0.2, 0.25) is 0 Å². The molecular weight excluding hydrogens is 316 g/mol. The number of fused-ring (bicyclic) bond motifs is 2. The van der Waals surface area contributed by atoms with Gasteiger partial charge >= 0.3 is 0 Å². The first-order valence-corrected chi connectivity index (χ1v) is 9.52. The summed E-state index contributed by atoms with van der Waals surface area (Å²) in [6.45, 7) is 0. The first kappa shape index (κ1) is 15.4. The Morgan fingerprint density at radius 2 is 1.88 bits per heavy atom. The van der Waals surface area contributed by atoms with Gasteiger partial charge in [-0.1, -0.05) is 48.6 Å². The number of pyridine rings is 1. The second-order valence-electron chi connectivity index (χ2n) is 7.17. The minimum atomic E-state index is 0.957. The van der Waals surface area contributed by atoms with Crippen molar-refractivity contribution in [1.29, 1.82) is 0 Å². The zero-order valence-electron chi connectivity index (χ0n) is 14.8. The van der Waals surface area contributed by atoms with Crippen LogP contribution in [0.25, 0.3) is 33.8 Å². The van der Waals surface area contributed by atoms with Crippen molar-refractivity contribution in [2.24, 2.45) is 0 Å². The van der Waals surface area contributed by atoms with Gasteiger partial charge < -0.3 is 4.98 Å². The van der Waals surface area contributed by atoms with Crippen LogP contribution in [-0.4, -0.2) is 9.97 Å². The Labute approximate surface area is 154 Å². The second kappa shape index (κ2) is 6.45. The van der Waals surface area contributed by atoms with Gasteiger partial charge in [-0.2, -0.15) is 0 Å². The molecule has 3 aromatic rings. The fourth-order valence-electron chi connectivity index (χ4n) is 4.00. The molecule has 2 heteroatoms. The van der Waals surface area contributed by atoms with Gasteiger partial charge in [-0.15, -0.1) is 0 Å². The number of benzene rings is 1. The molecule has 0 aliphatic heterocycles. The summed E-state index contributed by atoms with van der Waals surface area (Å²) in [6.07, 6.45) is 21.2. The molecule has 1 N–H and O–H groups in total. The van der Waals surface area contributed by atoms with E-state index >= 15 is 0 Å². The zero-order chi connectivity index (χ0) is 17.3. The minimum Gasteiger partial charge on any atom is -0.346 e. The number of hydrogen-bond acceptors (Lipinski definition) is 1. The summed E-state index contributed by atoms with van der Waals surface area (Å²) in [5.74, 6) is 0. The minimum absolute atomic E-state index is 0.957. The van der Waals surface area contributed by atoms with Gasteiger partial charge in [0.25, 0.3) is 0 Å². The average Bonchev–Trinajstić information content (AvgIpc) is 2.98. The molecule has 0 unspecified atom stereocenters. The Morgan fingerprint density at radius 3 is 2.81 bits per heavy atom. The Kier molecular flexibility index (Phi) is 3.82. The third-order valence-electron chi connectivity index (χ3n) is 5.43. The second-order valence-corrected chi connectivity index (χ2v) is 7.17. The first-order valence-electron chi connectivity index (χ1n) is 9.52. The Bertz CT molecular complexity index is 1060. The summed E-state index contributed by atoms with van der Waals surface area (Å²) >= 11 is 0. The lowest BCUT2D eigenvalue weighted by molar-refractivity contribution is 0.852. The standard InChI is InChI=1S/C24H22N2/c1-3-7-17(8-4-1)21-14-22-23(16-26-24(22)25-15-21)20-12-11-18-9-5-2-6-10-19(18)13-20/h3,5,7-9,11-16H,1-2,4,6,10H2,(H,25,26). The lowest BCUT2D eigenvalue weighted by atomic mass is 9.96. The molecule has 0 saturated heterocycles. The molecule has 0 amide bonds. The van der Waals surface area contributed by atoms with Crippen LogP contribution in [0.15, 0.2) is 61.0 Å². The number of aromatic nitrogens is 2. The van der Waals surface area contributed by atoms with Crippen molar-refractivity contribution in [2.45, 2.75) is 32.1 Å². The van der Waals surface area contributed by atoms with Crippen molar-refractivity contribution in [3.05, 3.63) is 77.7 Å². The van der Waals surface area contributed by atoms with Crippen molar-refractivity contribution in [2.75, 3.05) is 0 Å². The Balaban J connectivity index is 1.61. The molecule has 0 radical (unpaired) electrons. The molecule has 2 nitrogen and oxygen atoms in total. The van der Waals surface area contributed by atoms with Crippen LogP contribution in [0.1, 0.15) is 42.4 Å². The lowest BCUT2D eigenvalue weighted by Crippen LogP contribution is -1.90. The SMILES string of the molecule is C1=CC(c2cnc3[nH]cc(-c4ccc5c(c4)CCCC=C5)c3c2)=CCC1. The van der Waals surface area contributed by atoms with Crippen molar-refractivity contribution in [3.8, 4) is 11.1 Å². The monoisotopic (exact) mass is 338 g/mol. The molecule has 2 aliphatic rings. The van der Waals surface area contributed by atoms with E-state index < -0.39 is 0 Å². The summed E-state index contributed by atoms with van der Waals surface area (Å²) < 4.78 is 0. The summed E-state index contributed by atoms with van der Waals surface area (Å²) in [7, 11) is 0. The molecule has 0 atom stereocenters. The number of aromatic amines is 1. The highest BCUT2D eigenvalue weighted by atomic mass is 14.8. The van der Waals surface area contributed by atoms with E-state index in [1.54, 1.807) is 0 Å². The van der Waals surface area contributed by atoms with Crippen LogP contribution in [0.4, 0.5) is 0 Å². The van der Waals surface area contributed by atoms with Gasteiger partial charge in [0.15, 0.2) is 0 Å². The van der Waals surface area contributed by atoms with E-state index in [2.05, 4.69) is 70.8 Å². The van der Waals surface area contributed by atoms with Crippen LogP contribution in [0.5, 0.6) is 0 Å². The van der Waals surface area contributed by atoms with Gasteiger partial charge in [0.05, 0.1) is 0 Å². The van der Waals surface area contributed by atoms with Crippen LogP contribution in [0.3, 0.4) is 0 Å². The Hall–Kier alpha value is -2.87. The van der Waals surface area contributed by atoms with Crippen molar-refractivity contribution in [1.82, 2.24) is 9.97 Å². The fourth-order valence-corrected chi connectivity index (χ4v) is 4.00. The van der Waals surface area contributed by atoms with Crippen LogP contribution in [0, 0.1) is 0 Å². The van der Waals surface area contributed by atoms with Crippen LogP contribution in [-0.2, 0) is 6.42 Å². The van der Waals surface area contributed by atoms with Crippen molar-refractivity contribution in [3.63, 3.8) is 0 Å². The lowest BCUT2D eigenvalue weighted by Gasteiger charge is -2.09. The molecule has 0 fully saturated rings. The average molecular weight is 338 g/mol. The predicted molar refractivity (Wildman–Crippen MR) is 110 cm³/mol. The van der Waals surface area contributed by atoms with E-state index in [9.17, 15) is 0 Å². The molecule has 2 aliphatic carbocycles. The maximum Gasteiger partial charge on any atom is 0.137 e. The molecular formula is C24H22N2. The quantitative estimate of drug-likeness (QED) is 0.582. The molecule has 5 rings (SSSR count). The molecule has 0 spiro atoms. The van der Waals surface area contributed by atoms with E-state index in [1.165, 1.54) is 51.6 Å². The van der Waals surface area contributed by atoms with E-state index in [0.29, 0.717) is 0 Å². The van der Waals surface area contributed by atoms with E-state index in [4.69, 9.17) is 0 Å². The molecule has 0 saturated carbocycles. The third-order valence-corrected chi connectivity index (χ3v) is 5.43. The third kappa shape index (κ3) is 2.72. The van der Waals surface area contributed by atoms with Gasteiger partial charge in [-0.25, -0.2) is 4.98 Å². The number of aryl methyl sites for hydroxylation is 1. The number of H-pyrrole nitrogens is 1. The highest BCUT2D eigenvalue weighted by Gasteiger charge is 2.12.